The van der Waals surface area contributed by atoms with Crippen LogP contribution in [-0.2, 0) is 9.53 Å². The van der Waals surface area contributed by atoms with E-state index in [0.717, 1.165) is 25.7 Å². The molecule has 5 unspecified atom stereocenters. The first-order valence-electron chi connectivity index (χ1n) is 8.58. The van der Waals surface area contributed by atoms with Crippen molar-refractivity contribution in [3.05, 3.63) is 0 Å². The maximum absolute atomic E-state index is 12.1. The van der Waals surface area contributed by atoms with Crippen molar-refractivity contribution >= 4 is 5.78 Å². The highest BCUT2D eigenvalue weighted by molar-refractivity contribution is 5.82. The van der Waals surface area contributed by atoms with Crippen molar-refractivity contribution in [3.63, 3.8) is 0 Å². The largest absolute Gasteiger partial charge is 0.390 e. The van der Waals surface area contributed by atoms with Crippen molar-refractivity contribution < 1.29 is 14.6 Å². The zero-order valence-electron chi connectivity index (χ0n) is 14.3. The van der Waals surface area contributed by atoms with Gasteiger partial charge in [-0.2, -0.15) is 0 Å². The number of ether oxygens (including phenoxy) is 1. The minimum Gasteiger partial charge on any atom is -0.390 e. The van der Waals surface area contributed by atoms with E-state index in [2.05, 4.69) is 13.8 Å². The summed E-state index contributed by atoms with van der Waals surface area (Å²) in [5.74, 6) is 2.54. The van der Waals surface area contributed by atoms with Gasteiger partial charge in [-0.1, -0.05) is 13.8 Å². The molecule has 1 N–H and O–H groups in total. The van der Waals surface area contributed by atoms with Crippen molar-refractivity contribution in [3.8, 4) is 0 Å². The van der Waals surface area contributed by atoms with Gasteiger partial charge in [-0.3, -0.25) is 4.79 Å². The van der Waals surface area contributed by atoms with Gasteiger partial charge < -0.3 is 9.84 Å². The Morgan fingerprint density at radius 3 is 2.57 bits per heavy atom. The molecule has 0 spiro atoms. The summed E-state index contributed by atoms with van der Waals surface area (Å²) < 4.78 is 6.08. The average Bonchev–Trinajstić information content (AvgIpc) is 2.84. The lowest BCUT2D eigenvalue weighted by molar-refractivity contribution is -0.128. The fourth-order valence-corrected chi connectivity index (χ4v) is 4.17. The number of fused-ring (bicyclic) bond motifs is 1. The van der Waals surface area contributed by atoms with Crippen LogP contribution in [0.2, 0.25) is 0 Å². The van der Waals surface area contributed by atoms with E-state index in [1.807, 2.05) is 20.8 Å². The van der Waals surface area contributed by atoms with Gasteiger partial charge in [0.15, 0.2) is 0 Å². The second-order valence-electron chi connectivity index (χ2n) is 8.00. The van der Waals surface area contributed by atoms with Crippen LogP contribution in [0.15, 0.2) is 0 Å². The van der Waals surface area contributed by atoms with E-state index in [9.17, 15) is 9.90 Å². The van der Waals surface area contributed by atoms with Crippen LogP contribution in [0.25, 0.3) is 0 Å². The maximum atomic E-state index is 12.1. The van der Waals surface area contributed by atoms with Crippen LogP contribution in [0, 0.1) is 29.6 Å². The molecular formula is C18H32O3. The fraction of sp³-hybridized carbons (Fsp3) is 0.944. The molecule has 2 aliphatic rings. The van der Waals surface area contributed by atoms with Gasteiger partial charge in [0.05, 0.1) is 18.3 Å². The minimum absolute atomic E-state index is 0.113. The first-order chi connectivity index (χ1) is 9.71. The Kier molecular flexibility index (Phi) is 5.15. The van der Waals surface area contributed by atoms with Crippen LogP contribution in [0.5, 0.6) is 0 Å². The molecule has 6 atom stereocenters. The monoisotopic (exact) mass is 296 g/mol. The Hall–Kier alpha value is -0.410. The minimum atomic E-state index is -0.702. The molecule has 122 valence electrons. The molecule has 3 heteroatoms. The SMILES string of the molecule is CC1CCC(=O)C2CCC(C(C)OC[C@H](C)C(C)(C)O)C12. The summed E-state index contributed by atoms with van der Waals surface area (Å²) in [6.07, 6.45) is 4.17. The lowest BCUT2D eigenvalue weighted by atomic mass is 9.70. The molecule has 0 aliphatic heterocycles. The fourth-order valence-electron chi connectivity index (χ4n) is 4.17. The standard InChI is InChI=1S/C18H32O3/c1-11-6-9-16(19)15-8-7-14(17(11)15)13(3)21-10-12(2)18(4,5)20/h11-15,17,20H,6-10H2,1-5H3/t11?,12-,13?,14?,15?,17?/m0/s1. The van der Waals surface area contributed by atoms with Crippen LogP contribution in [0.3, 0.4) is 0 Å². The predicted octanol–water partition coefficient (Wildman–Crippen LogP) is 3.44. The second kappa shape index (κ2) is 6.37. The Labute approximate surface area is 129 Å². The smallest absolute Gasteiger partial charge is 0.136 e. The summed E-state index contributed by atoms with van der Waals surface area (Å²) in [6.45, 7) is 10.7. The first-order valence-corrected chi connectivity index (χ1v) is 8.58. The van der Waals surface area contributed by atoms with E-state index >= 15 is 0 Å². The summed E-state index contributed by atoms with van der Waals surface area (Å²) in [5, 5.41) is 10.0. The van der Waals surface area contributed by atoms with E-state index in [0.29, 0.717) is 30.1 Å². The molecule has 2 aliphatic carbocycles. The van der Waals surface area contributed by atoms with E-state index in [4.69, 9.17) is 4.74 Å². The number of hydrogen-bond acceptors (Lipinski definition) is 3. The topological polar surface area (TPSA) is 46.5 Å². The highest BCUT2D eigenvalue weighted by Gasteiger charge is 2.47. The molecule has 3 nitrogen and oxygen atoms in total. The molecule has 0 radical (unpaired) electrons. The molecule has 0 aromatic rings. The van der Waals surface area contributed by atoms with E-state index < -0.39 is 5.60 Å². The summed E-state index contributed by atoms with van der Waals surface area (Å²) in [4.78, 5) is 12.1. The number of carbonyl (C=O) groups is 1. The van der Waals surface area contributed by atoms with Crippen molar-refractivity contribution in [2.45, 2.75) is 72.0 Å². The summed E-state index contributed by atoms with van der Waals surface area (Å²) in [6, 6.07) is 0. The first kappa shape index (κ1) is 17.0. The van der Waals surface area contributed by atoms with Crippen molar-refractivity contribution in [2.75, 3.05) is 6.61 Å². The lowest BCUT2D eigenvalue weighted by Crippen LogP contribution is -2.38. The average molecular weight is 296 g/mol. The lowest BCUT2D eigenvalue weighted by Gasteiger charge is -2.37. The molecule has 2 rings (SSSR count). The molecule has 2 fully saturated rings. The van der Waals surface area contributed by atoms with E-state index in [1.54, 1.807) is 0 Å². The zero-order valence-corrected chi connectivity index (χ0v) is 14.3. The van der Waals surface area contributed by atoms with E-state index in [1.165, 1.54) is 0 Å². The van der Waals surface area contributed by atoms with Crippen molar-refractivity contribution in [2.24, 2.45) is 29.6 Å². The van der Waals surface area contributed by atoms with Crippen LogP contribution in [-0.4, -0.2) is 29.2 Å². The van der Waals surface area contributed by atoms with Gasteiger partial charge in [0.1, 0.15) is 5.78 Å². The number of ketones is 1. The second-order valence-corrected chi connectivity index (χ2v) is 8.00. The van der Waals surface area contributed by atoms with Crippen molar-refractivity contribution in [1.29, 1.82) is 0 Å². The molecule has 0 bridgehead atoms. The Morgan fingerprint density at radius 2 is 1.95 bits per heavy atom. The summed E-state index contributed by atoms with van der Waals surface area (Å²) in [5.41, 5.74) is -0.702. The van der Waals surface area contributed by atoms with Gasteiger partial charge in [0, 0.05) is 18.3 Å². The van der Waals surface area contributed by atoms with Crippen LogP contribution in [0.1, 0.15) is 60.3 Å². The number of aliphatic hydroxyl groups is 1. The van der Waals surface area contributed by atoms with Crippen LogP contribution >= 0.6 is 0 Å². The van der Waals surface area contributed by atoms with Gasteiger partial charge in [0.2, 0.25) is 0 Å². The Bertz CT molecular complexity index is 371. The number of rotatable bonds is 5. The number of carbonyl (C=O) groups excluding carboxylic acids is 1. The summed E-state index contributed by atoms with van der Waals surface area (Å²) >= 11 is 0. The van der Waals surface area contributed by atoms with E-state index in [-0.39, 0.29) is 17.9 Å². The number of hydrogen-bond donors (Lipinski definition) is 1. The quantitative estimate of drug-likeness (QED) is 0.845. The van der Waals surface area contributed by atoms with Crippen molar-refractivity contribution in [1.82, 2.24) is 0 Å². The van der Waals surface area contributed by atoms with Gasteiger partial charge in [0.25, 0.3) is 0 Å². The van der Waals surface area contributed by atoms with Gasteiger partial charge in [-0.25, -0.2) is 0 Å². The highest BCUT2D eigenvalue weighted by Crippen LogP contribution is 2.48. The van der Waals surface area contributed by atoms with Gasteiger partial charge in [-0.15, -0.1) is 0 Å². The molecule has 0 amide bonds. The summed E-state index contributed by atoms with van der Waals surface area (Å²) in [7, 11) is 0. The Morgan fingerprint density at radius 1 is 1.29 bits per heavy atom. The molecule has 21 heavy (non-hydrogen) atoms. The highest BCUT2D eigenvalue weighted by atomic mass is 16.5. The van der Waals surface area contributed by atoms with Gasteiger partial charge in [-0.05, 0) is 57.8 Å². The van der Waals surface area contributed by atoms with Gasteiger partial charge >= 0.3 is 0 Å². The molecule has 0 aromatic heterocycles. The number of Topliss-reactive ketones (excluding diaryl/α,β-unsaturated/α-hetero) is 1. The molecule has 2 saturated carbocycles. The van der Waals surface area contributed by atoms with Crippen LogP contribution < -0.4 is 0 Å². The maximum Gasteiger partial charge on any atom is 0.136 e. The normalized spacial score (nSPS) is 36.4. The Balaban J connectivity index is 1.94. The third-order valence-corrected chi connectivity index (χ3v) is 6.10. The van der Waals surface area contributed by atoms with Crippen LogP contribution in [0.4, 0.5) is 0 Å². The predicted molar refractivity (Wildman–Crippen MR) is 84.0 cm³/mol. The zero-order chi connectivity index (χ0) is 15.8. The molecule has 0 heterocycles. The molecule has 0 aromatic carbocycles. The third kappa shape index (κ3) is 3.68. The molecular weight excluding hydrogens is 264 g/mol. The third-order valence-electron chi connectivity index (χ3n) is 6.10. The molecule has 0 saturated heterocycles.